The molecular weight excluding hydrogens is 216 g/mol. The minimum absolute atomic E-state index is 0.0880. The maximum Gasteiger partial charge on any atom is 0.328 e. The van der Waals surface area contributed by atoms with E-state index in [0.717, 1.165) is 6.42 Å². The number of carboxylic acids is 2. The van der Waals surface area contributed by atoms with Gasteiger partial charge in [0.2, 0.25) is 0 Å². The number of carbonyl (C=O) groups is 3. The van der Waals surface area contributed by atoms with Crippen molar-refractivity contribution in [2.75, 3.05) is 6.61 Å². The summed E-state index contributed by atoms with van der Waals surface area (Å²) >= 11 is 0. The molecule has 0 aliphatic rings. The Balaban J connectivity index is 0. The van der Waals surface area contributed by atoms with Crippen molar-refractivity contribution in [2.24, 2.45) is 0 Å². The van der Waals surface area contributed by atoms with Crippen molar-refractivity contribution in [1.29, 1.82) is 0 Å². The number of rotatable bonds is 5. The number of hydrogen-bond donors (Lipinski definition) is 2. The second-order valence-electron chi connectivity index (χ2n) is 2.56. The van der Waals surface area contributed by atoms with Crippen LogP contribution >= 0.6 is 0 Å². The van der Waals surface area contributed by atoms with Crippen LogP contribution in [0.15, 0.2) is 12.2 Å². The first-order valence-electron chi connectivity index (χ1n) is 4.73. The van der Waals surface area contributed by atoms with E-state index in [4.69, 9.17) is 10.2 Å². The lowest BCUT2D eigenvalue weighted by Gasteiger charge is -1.96. The minimum atomic E-state index is -1.26. The Kier molecular flexibility index (Phi) is 11.6. The molecule has 0 saturated heterocycles. The fourth-order valence-electron chi connectivity index (χ4n) is 0.580. The van der Waals surface area contributed by atoms with Gasteiger partial charge in [0, 0.05) is 18.6 Å². The van der Waals surface area contributed by atoms with Crippen LogP contribution < -0.4 is 0 Å². The van der Waals surface area contributed by atoms with Crippen molar-refractivity contribution in [3.63, 3.8) is 0 Å². The molecule has 0 spiro atoms. The van der Waals surface area contributed by atoms with Gasteiger partial charge in [-0.3, -0.25) is 4.79 Å². The Morgan fingerprint density at radius 2 is 1.50 bits per heavy atom. The normalized spacial score (nSPS) is 9.12. The van der Waals surface area contributed by atoms with Gasteiger partial charge >= 0.3 is 17.9 Å². The summed E-state index contributed by atoms with van der Waals surface area (Å²) in [7, 11) is 0. The molecule has 0 aromatic carbocycles. The van der Waals surface area contributed by atoms with Gasteiger partial charge in [-0.2, -0.15) is 0 Å². The van der Waals surface area contributed by atoms with Gasteiger partial charge in [0.25, 0.3) is 0 Å². The smallest absolute Gasteiger partial charge is 0.328 e. The van der Waals surface area contributed by atoms with Crippen molar-refractivity contribution in [3.05, 3.63) is 12.2 Å². The number of carboxylic acid groups (broad SMARTS) is 2. The first-order valence-corrected chi connectivity index (χ1v) is 4.73. The average Bonchev–Trinajstić information content (AvgIpc) is 2.16. The van der Waals surface area contributed by atoms with E-state index in [-0.39, 0.29) is 5.97 Å². The van der Waals surface area contributed by atoms with E-state index in [1.165, 1.54) is 0 Å². The van der Waals surface area contributed by atoms with Gasteiger partial charge < -0.3 is 14.9 Å². The summed E-state index contributed by atoms with van der Waals surface area (Å²) in [6.07, 6.45) is 2.54. The largest absolute Gasteiger partial charge is 0.478 e. The summed E-state index contributed by atoms with van der Waals surface area (Å²) in [5.41, 5.74) is 0. The van der Waals surface area contributed by atoms with Crippen molar-refractivity contribution < 1.29 is 29.3 Å². The third-order valence-corrected chi connectivity index (χ3v) is 1.13. The minimum Gasteiger partial charge on any atom is -0.478 e. The van der Waals surface area contributed by atoms with Gasteiger partial charge in [0.05, 0.1) is 6.61 Å². The van der Waals surface area contributed by atoms with E-state index in [9.17, 15) is 14.4 Å². The summed E-state index contributed by atoms with van der Waals surface area (Å²) in [5, 5.41) is 15.6. The molecule has 0 aliphatic carbocycles. The monoisotopic (exact) mass is 232 g/mol. The van der Waals surface area contributed by atoms with Crippen LogP contribution in [0.5, 0.6) is 0 Å². The Morgan fingerprint density at radius 1 is 1.06 bits per heavy atom. The van der Waals surface area contributed by atoms with Crippen LogP contribution in [0.25, 0.3) is 0 Å². The van der Waals surface area contributed by atoms with E-state index >= 15 is 0 Å². The molecular formula is C10H16O6. The third-order valence-electron chi connectivity index (χ3n) is 1.13. The summed E-state index contributed by atoms with van der Waals surface area (Å²) in [6, 6.07) is 0. The average molecular weight is 232 g/mol. The summed E-state index contributed by atoms with van der Waals surface area (Å²) < 4.78 is 4.64. The zero-order chi connectivity index (χ0) is 13.0. The molecule has 16 heavy (non-hydrogen) atoms. The van der Waals surface area contributed by atoms with E-state index in [0.29, 0.717) is 25.2 Å². The zero-order valence-electron chi connectivity index (χ0n) is 9.30. The fraction of sp³-hybridized carbons (Fsp3) is 0.500. The molecule has 0 atom stereocenters. The number of carbonyl (C=O) groups excluding carboxylic acids is 1. The molecule has 0 saturated carbocycles. The SMILES string of the molecule is CCCC(=O)OCC.O=C(O)/C=C/C(=O)O. The van der Waals surface area contributed by atoms with Crippen LogP contribution in [0.2, 0.25) is 0 Å². The molecule has 92 valence electrons. The van der Waals surface area contributed by atoms with Crippen LogP contribution in [0.1, 0.15) is 26.7 Å². The van der Waals surface area contributed by atoms with Crippen molar-refractivity contribution in [1.82, 2.24) is 0 Å². The highest BCUT2D eigenvalue weighted by Gasteiger charge is 1.95. The quantitative estimate of drug-likeness (QED) is 0.543. The van der Waals surface area contributed by atoms with Gasteiger partial charge in [-0.15, -0.1) is 0 Å². The number of esters is 1. The molecule has 0 amide bonds. The van der Waals surface area contributed by atoms with Crippen LogP contribution in [0, 0.1) is 0 Å². The van der Waals surface area contributed by atoms with Crippen LogP contribution in [0.4, 0.5) is 0 Å². The highest BCUT2D eigenvalue weighted by Crippen LogP contribution is 1.89. The summed E-state index contributed by atoms with van der Waals surface area (Å²) in [5.74, 6) is -2.60. The lowest BCUT2D eigenvalue weighted by Crippen LogP contribution is -2.01. The van der Waals surface area contributed by atoms with E-state index in [2.05, 4.69) is 4.74 Å². The first-order chi connectivity index (χ1) is 7.43. The van der Waals surface area contributed by atoms with E-state index in [1.807, 2.05) is 13.8 Å². The Labute approximate surface area is 93.5 Å². The Bertz CT molecular complexity index is 232. The number of hydrogen-bond acceptors (Lipinski definition) is 4. The molecule has 0 aliphatic heterocycles. The van der Waals surface area contributed by atoms with Crippen LogP contribution in [0.3, 0.4) is 0 Å². The zero-order valence-corrected chi connectivity index (χ0v) is 9.30. The van der Waals surface area contributed by atoms with Crippen molar-refractivity contribution >= 4 is 17.9 Å². The predicted octanol–water partition coefficient (Wildman–Crippen LogP) is 1.06. The third kappa shape index (κ3) is 18.0. The van der Waals surface area contributed by atoms with Gasteiger partial charge in [-0.1, -0.05) is 6.92 Å². The van der Waals surface area contributed by atoms with Crippen molar-refractivity contribution in [3.8, 4) is 0 Å². The maximum absolute atomic E-state index is 10.4. The topological polar surface area (TPSA) is 101 Å². The number of ether oxygens (including phenoxy) is 1. The van der Waals surface area contributed by atoms with Crippen molar-refractivity contribution in [2.45, 2.75) is 26.7 Å². The second-order valence-corrected chi connectivity index (χ2v) is 2.56. The number of aliphatic carboxylic acids is 2. The maximum atomic E-state index is 10.4. The lowest BCUT2D eigenvalue weighted by atomic mass is 10.3. The van der Waals surface area contributed by atoms with Gasteiger partial charge in [-0.25, -0.2) is 9.59 Å². The molecule has 0 unspecified atom stereocenters. The van der Waals surface area contributed by atoms with Crippen LogP contribution in [-0.2, 0) is 19.1 Å². The highest BCUT2D eigenvalue weighted by molar-refractivity contribution is 5.89. The van der Waals surface area contributed by atoms with E-state index in [1.54, 1.807) is 0 Å². The molecule has 0 rings (SSSR count). The molecule has 0 radical (unpaired) electrons. The molecule has 2 N–H and O–H groups in total. The molecule has 0 heterocycles. The Morgan fingerprint density at radius 3 is 1.75 bits per heavy atom. The molecule has 6 heteroatoms. The standard InChI is InChI=1S/C6H12O2.C4H4O4/c1-3-5-6(7)8-4-2;5-3(6)1-2-4(7)8/h3-5H2,1-2H3;1-2H,(H,5,6)(H,7,8)/b;2-1+. The summed E-state index contributed by atoms with van der Waals surface area (Å²) in [4.78, 5) is 29.5. The molecule has 0 bridgehead atoms. The Hall–Kier alpha value is -1.85. The lowest BCUT2D eigenvalue weighted by molar-refractivity contribution is -0.143. The molecule has 0 aromatic heterocycles. The van der Waals surface area contributed by atoms with E-state index < -0.39 is 11.9 Å². The van der Waals surface area contributed by atoms with Gasteiger partial charge in [0.15, 0.2) is 0 Å². The highest BCUT2D eigenvalue weighted by atomic mass is 16.5. The summed E-state index contributed by atoms with van der Waals surface area (Å²) in [6.45, 7) is 4.27. The first kappa shape index (κ1) is 16.6. The molecule has 6 nitrogen and oxygen atoms in total. The predicted molar refractivity (Wildman–Crippen MR) is 56.0 cm³/mol. The molecule has 0 fully saturated rings. The van der Waals surface area contributed by atoms with Crippen LogP contribution in [-0.4, -0.2) is 34.7 Å². The van der Waals surface area contributed by atoms with Gasteiger partial charge in [-0.05, 0) is 13.3 Å². The molecule has 0 aromatic rings. The fourth-order valence-corrected chi connectivity index (χ4v) is 0.580. The van der Waals surface area contributed by atoms with Gasteiger partial charge in [0.1, 0.15) is 0 Å². The second kappa shape index (κ2) is 11.2.